The van der Waals surface area contributed by atoms with Crippen molar-refractivity contribution < 1.29 is 9.53 Å². The van der Waals surface area contributed by atoms with Gasteiger partial charge in [-0.3, -0.25) is 4.79 Å². The van der Waals surface area contributed by atoms with E-state index in [1.807, 2.05) is 6.92 Å². The van der Waals surface area contributed by atoms with Crippen molar-refractivity contribution in [3.63, 3.8) is 0 Å². The van der Waals surface area contributed by atoms with E-state index in [2.05, 4.69) is 20.4 Å². The Bertz CT molecular complexity index is 740. The maximum Gasteiger partial charge on any atom is 0.251 e. The Hall–Kier alpha value is -2.28. The lowest BCUT2D eigenvalue weighted by Crippen LogP contribution is -2.63. The summed E-state index contributed by atoms with van der Waals surface area (Å²) in [5, 5.41) is 7.29. The third-order valence-corrected chi connectivity index (χ3v) is 5.65. The monoisotopic (exact) mass is 341 g/mol. The van der Waals surface area contributed by atoms with Crippen LogP contribution >= 0.6 is 0 Å². The average Bonchev–Trinajstić information content (AvgIpc) is 3.33. The summed E-state index contributed by atoms with van der Waals surface area (Å²) in [6.07, 6.45) is 10.6. The molecular formula is C18H23N5O2. The molecule has 1 N–H and O–H groups in total. The van der Waals surface area contributed by atoms with Crippen LogP contribution in [0.3, 0.4) is 0 Å². The molecule has 4 rings (SSSR count). The van der Waals surface area contributed by atoms with Gasteiger partial charge in [-0.1, -0.05) is 12.8 Å². The summed E-state index contributed by atoms with van der Waals surface area (Å²) in [6, 6.07) is 3.67. The van der Waals surface area contributed by atoms with Gasteiger partial charge in [0.05, 0.1) is 6.10 Å². The molecule has 1 amide bonds. The van der Waals surface area contributed by atoms with Crippen LogP contribution in [0.4, 0.5) is 0 Å². The van der Waals surface area contributed by atoms with E-state index in [0.717, 1.165) is 25.9 Å². The highest BCUT2D eigenvalue weighted by molar-refractivity contribution is 5.94. The summed E-state index contributed by atoms with van der Waals surface area (Å²) < 4.78 is 7.47. The summed E-state index contributed by atoms with van der Waals surface area (Å²) in [4.78, 5) is 20.9. The normalized spacial score (nSPS) is 24.2. The Morgan fingerprint density at radius 1 is 1.44 bits per heavy atom. The largest absolute Gasteiger partial charge is 0.378 e. The van der Waals surface area contributed by atoms with Gasteiger partial charge in [-0.05, 0) is 38.3 Å². The van der Waals surface area contributed by atoms with Crippen molar-refractivity contribution in [2.24, 2.45) is 5.41 Å². The quantitative estimate of drug-likeness (QED) is 0.901. The van der Waals surface area contributed by atoms with E-state index in [4.69, 9.17) is 4.74 Å². The maximum atomic E-state index is 12.7. The third kappa shape index (κ3) is 2.82. The molecule has 2 aromatic heterocycles. The number of hydrogen-bond donors (Lipinski definition) is 1. The van der Waals surface area contributed by atoms with Gasteiger partial charge in [0.2, 0.25) is 0 Å². The minimum absolute atomic E-state index is 0.0602. The molecule has 0 aliphatic heterocycles. The maximum absolute atomic E-state index is 12.7. The number of nitrogens with one attached hydrogen (secondary N) is 1. The standard InChI is InChI=1S/C18H23N5O2/c1-2-25-15-10-14(18(15)6-3-4-7-18)22-17(24)13-5-8-20-16(9-13)23-12-19-11-21-23/h5,8-9,11-12,14-15H,2-4,6-7,10H2,1H3,(H,22,24)/t14-,15-/m0/s1. The van der Waals surface area contributed by atoms with Crippen molar-refractivity contribution in [2.45, 2.75) is 51.2 Å². The van der Waals surface area contributed by atoms with Crippen LogP contribution in [0, 0.1) is 5.41 Å². The third-order valence-electron chi connectivity index (χ3n) is 5.65. The van der Waals surface area contributed by atoms with Gasteiger partial charge in [0.15, 0.2) is 5.82 Å². The molecule has 2 heterocycles. The van der Waals surface area contributed by atoms with Crippen LogP contribution in [0.1, 0.15) is 49.4 Å². The molecule has 0 saturated heterocycles. The van der Waals surface area contributed by atoms with Gasteiger partial charge in [0, 0.05) is 29.8 Å². The summed E-state index contributed by atoms with van der Waals surface area (Å²) in [5.74, 6) is 0.525. The van der Waals surface area contributed by atoms with Crippen LogP contribution in [0.5, 0.6) is 0 Å². The van der Waals surface area contributed by atoms with Crippen molar-refractivity contribution in [2.75, 3.05) is 6.61 Å². The predicted molar refractivity (Wildman–Crippen MR) is 91.3 cm³/mol. The Morgan fingerprint density at radius 3 is 3.00 bits per heavy atom. The van der Waals surface area contributed by atoms with E-state index in [9.17, 15) is 4.79 Å². The SMILES string of the molecule is CCO[C@H]1C[C@H](NC(=O)c2ccnc(-n3cncn3)c2)C12CCCC2. The Labute approximate surface area is 146 Å². The van der Waals surface area contributed by atoms with Gasteiger partial charge in [-0.15, -0.1) is 0 Å². The number of aromatic nitrogens is 4. The molecule has 7 heteroatoms. The first-order valence-electron chi connectivity index (χ1n) is 8.96. The van der Waals surface area contributed by atoms with Crippen LogP contribution in [0.15, 0.2) is 31.0 Å². The first kappa shape index (κ1) is 16.2. The summed E-state index contributed by atoms with van der Waals surface area (Å²) in [7, 11) is 0. The Balaban J connectivity index is 1.48. The lowest BCUT2D eigenvalue weighted by molar-refractivity contribution is -0.127. The van der Waals surface area contributed by atoms with Crippen molar-refractivity contribution in [1.82, 2.24) is 25.1 Å². The van der Waals surface area contributed by atoms with Crippen molar-refractivity contribution in [3.05, 3.63) is 36.5 Å². The van der Waals surface area contributed by atoms with Gasteiger partial charge in [0.25, 0.3) is 5.91 Å². The number of ether oxygens (including phenoxy) is 1. The van der Waals surface area contributed by atoms with E-state index in [0.29, 0.717) is 11.4 Å². The van der Waals surface area contributed by atoms with Crippen molar-refractivity contribution in [1.29, 1.82) is 0 Å². The number of carbonyl (C=O) groups is 1. The minimum atomic E-state index is -0.0602. The first-order chi connectivity index (χ1) is 12.2. The Morgan fingerprint density at radius 2 is 2.28 bits per heavy atom. The molecule has 2 aromatic rings. The molecule has 132 valence electrons. The summed E-state index contributed by atoms with van der Waals surface area (Å²) >= 11 is 0. The molecule has 0 unspecified atom stereocenters. The number of nitrogens with zero attached hydrogens (tertiary/aromatic N) is 4. The molecule has 2 saturated carbocycles. The molecule has 1 spiro atoms. The molecule has 25 heavy (non-hydrogen) atoms. The molecule has 2 fully saturated rings. The average molecular weight is 341 g/mol. The van der Waals surface area contributed by atoms with Gasteiger partial charge in [-0.2, -0.15) is 5.10 Å². The zero-order chi connectivity index (χ0) is 17.3. The number of rotatable bonds is 5. The van der Waals surface area contributed by atoms with Crippen LogP contribution in [-0.4, -0.2) is 44.4 Å². The topological polar surface area (TPSA) is 81.9 Å². The number of hydrogen-bond acceptors (Lipinski definition) is 5. The molecular weight excluding hydrogens is 318 g/mol. The number of amides is 1. The fourth-order valence-electron chi connectivity index (χ4n) is 4.34. The molecule has 7 nitrogen and oxygen atoms in total. The van der Waals surface area contributed by atoms with Crippen molar-refractivity contribution in [3.8, 4) is 5.82 Å². The van der Waals surface area contributed by atoms with E-state index in [1.54, 1.807) is 29.3 Å². The fourth-order valence-corrected chi connectivity index (χ4v) is 4.34. The van der Waals surface area contributed by atoms with Gasteiger partial charge < -0.3 is 10.1 Å². The van der Waals surface area contributed by atoms with E-state index < -0.39 is 0 Å². The van der Waals surface area contributed by atoms with E-state index >= 15 is 0 Å². The van der Waals surface area contributed by atoms with E-state index in [-0.39, 0.29) is 23.5 Å². The zero-order valence-corrected chi connectivity index (χ0v) is 14.4. The lowest BCUT2D eigenvalue weighted by atomic mass is 9.60. The lowest BCUT2D eigenvalue weighted by Gasteiger charge is -2.54. The van der Waals surface area contributed by atoms with E-state index in [1.165, 1.54) is 19.2 Å². The first-order valence-corrected chi connectivity index (χ1v) is 8.96. The summed E-state index contributed by atoms with van der Waals surface area (Å²) in [6.45, 7) is 2.77. The zero-order valence-electron chi connectivity index (χ0n) is 14.4. The predicted octanol–water partition coefficient (Wildman–Crippen LogP) is 2.13. The van der Waals surface area contributed by atoms with Crippen molar-refractivity contribution >= 4 is 5.91 Å². The van der Waals surface area contributed by atoms with Gasteiger partial charge in [0.1, 0.15) is 12.7 Å². The van der Waals surface area contributed by atoms with Gasteiger partial charge in [-0.25, -0.2) is 14.6 Å². The molecule has 0 radical (unpaired) electrons. The highest BCUT2D eigenvalue weighted by Crippen LogP contribution is 2.54. The smallest absolute Gasteiger partial charge is 0.251 e. The van der Waals surface area contributed by atoms with Crippen LogP contribution < -0.4 is 5.32 Å². The molecule has 2 aliphatic carbocycles. The summed E-state index contributed by atoms with van der Waals surface area (Å²) in [5.41, 5.74) is 0.724. The van der Waals surface area contributed by atoms with Crippen LogP contribution in [0.2, 0.25) is 0 Å². The number of carbonyl (C=O) groups excluding carboxylic acids is 1. The van der Waals surface area contributed by atoms with Crippen LogP contribution in [0.25, 0.3) is 5.82 Å². The fraction of sp³-hybridized carbons (Fsp3) is 0.556. The second-order valence-electron chi connectivity index (χ2n) is 6.89. The Kier molecular flexibility index (Phi) is 4.25. The molecule has 0 bridgehead atoms. The number of pyridine rings is 1. The second kappa shape index (κ2) is 6.55. The minimum Gasteiger partial charge on any atom is -0.378 e. The van der Waals surface area contributed by atoms with Gasteiger partial charge >= 0.3 is 0 Å². The molecule has 2 atom stereocenters. The highest BCUT2D eigenvalue weighted by atomic mass is 16.5. The second-order valence-corrected chi connectivity index (χ2v) is 6.89. The highest BCUT2D eigenvalue weighted by Gasteiger charge is 2.57. The molecule has 2 aliphatic rings. The van der Waals surface area contributed by atoms with Crippen LogP contribution in [-0.2, 0) is 4.74 Å². The molecule has 0 aromatic carbocycles.